The lowest BCUT2D eigenvalue weighted by Crippen LogP contribution is -2.13. The zero-order valence-electron chi connectivity index (χ0n) is 9.70. The van der Waals surface area contributed by atoms with E-state index < -0.39 is 6.10 Å². The number of aryl methyl sites for hydroxylation is 1. The standard InChI is InChI=1S/C14H14ClNO/c1-8-10-6-5-9(15)7-12(10)16-14-11(8)3-2-4-13(14)17/h5-7,13,17H,2-4H2,1H3. The van der Waals surface area contributed by atoms with Gasteiger partial charge >= 0.3 is 0 Å². The molecular formula is C14H14ClNO. The van der Waals surface area contributed by atoms with Crippen LogP contribution in [0, 0.1) is 6.92 Å². The number of nitrogens with zero attached hydrogens (tertiary/aromatic N) is 1. The van der Waals surface area contributed by atoms with Crippen LogP contribution >= 0.6 is 11.6 Å². The van der Waals surface area contributed by atoms with Crippen molar-refractivity contribution in [1.82, 2.24) is 4.98 Å². The number of fused-ring (bicyclic) bond motifs is 2. The molecule has 2 nitrogen and oxygen atoms in total. The van der Waals surface area contributed by atoms with E-state index in [2.05, 4.69) is 11.9 Å². The van der Waals surface area contributed by atoms with Crippen molar-refractivity contribution < 1.29 is 5.11 Å². The maximum Gasteiger partial charge on any atom is 0.0963 e. The Morgan fingerprint density at radius 2 is 2.24 bits per heavy atom. The molecule has 0 radical (unpaired) electrons. The second kappa shape index (κ2) is 3.97. The first kappa shape index (κ1) is 11.0. The lowest BCUT2D eigenvalue weighted by atomic mass is 9.89. The van der Waals surface area contributed by atoms with Crippen molar-refractivity contribution in [2.75, 3.05) is 0 Å². The fraction of sp³-hybridized carbons (Fsp3) is 0.357. The van der Waals surface area contributed by atoms with Gasteiger partial charge in [-0.25, -0.2) is 4.98 Å². The second-order valence-electron chi connectivity index (χ2n) is 4.67. The molecule has 0 saturated carbocycles. The minimum Gasteiger partial charge on any atom is -0.387 e. The summed E-state index contributed by atoms with van der Waals surface area (Å²) in [6, 6.07) is 5.77. The molecule has 1 aliphatic rings. The van der Waals surface area contributed by atoms with E-state index >= 15 is 0 Å². The van der Waals surface area contributed by atoms with Crippen LogP contribution in [0.4, 0.5) is 0 Å². The zero-order valence-corrected chi connectivity index (χ0v) is 10.5. The average Bonchev–Trinajstić information content (AvgIpc) is 2.30. The summed E-state index contributed by atoms with van der Waals surface area (Å²) < 4.78 is 0. The Labute approximate surface area is 105 Å². The number of pyridine rings is 1. The van der Waals surface area contributed by atoms with Gasteiger partial charge < -0.3 is 5.11 Å². The van der Waals surface area contributed by atoms with Gasteiger partial charge in [0.15, 0.2) is 0 Å². The fourth-order valence-corrected chi connectivity index (χ4v) is 2.83. The Balaban J connectivity index is 2.35. The summed E-state index contributed by atoms with van der Waals surface area (Å²) in [4.78, 5) is 4.58. The molecule has 0 amide bonds. The summed E-state index contributed by atoms with van der Waals surface area (Å²) in [5, 5.41) is 11.8. The van der Waals surface area contributed by atoms with Crippen LogP contribution in [0.2, 0.25) is 5.02 Å². The zero-order chi connectivity index (χ0) is 12.0. The molecule has 1 aromatic carbocycles. The van der Waals surface area contributed by atoms with Crippen molar-refractivity contribution in [3.63, 3.8) is 0 Å². The van der Waals surface area contributed by atoms with Crippen molar-refractivity contribution in [2.24, 2.45) is 0 Å². The predicted octanol–water partition coefficient (Wildman–Crippen LogP) is 3.57. The Morgan fingerprint density at radius 3 is 3.06 bits per heavy atom. The van der Waals surface area contributed by atoms with Gasteiger partial charge in [0.25, 0.3) is 0 Å². The highest BCUT2D eigenvalue weighted by Crippen LogP contribution is 2.34. The van der Waals surface area contributed by atoms with Gasteiger partial charge in [0.1, 0.15) is 0 Å². The van der Waals surface area contributed by atoms with Crippen molar-refractivity contribution in [1.29, 1.82) is 0 Å². The number of rotatable bonds is 0. The first-order chi connectivity index (χ1) is 8.16. The lowest BCUT2D eigenvalue weighted by Gasteiger charge is -2.23. The number of aliphatic hydroxyl groups excluding tert-OH is 1. The maximum atomic E-state index is 10.0. The van der Waals surface area contributed by atoms with Crippen molar-refractivity contribution in [3.8, 4) is 0 Å². The van der Waals surface area contributed by atoms with Gasteiger partial charge in [-0.3, -0.25) is 0 Å². The molecule has 1 heterocycles. The van der Waals surface area contributed by atoms with Gasteiger partial charge in [0.05, 0.1) is 17.3 Å². The van der Waals surface area contributed by atoms with E-state index in [1.54, 1.807) is 0 Å². The molecule has 3 heteroatoms. The van der Waals surface area contributed by atoms with Gasteiger partial charge in [-0.05, 0) is 49.4 Å². The monoisotopic (exact) mass is 247 g/mol. The van der Waals surface area contributed by atoms with Crippen LogP contribution in [0.3, 0.4) is 0 Å². The summed E-state index contributed by atoms with van der Waals surface area (Å²) >= 11 is 5.99. The third-order valence-corrected chi connectivity index (χ3v) is 3.82. The molecule has 0 bridgehead atoms. The fourth-order valence-electron chi connectivity index (χ4n) is 2.67. The van der Waals surface area contributed by atoms with Gasteiger partial charge in [-0.2, -0.15) is 0 Å². The Bertz CT molecular complexity index is 594. The number of hydrogen-bond acceptors (Lipinski definition) is 2. The molecular weight excluding hydrogens is 234 g/mol. The number of benzene rings is 1. The first-order valence-corrected chi connectivity index (χ1v) is 6.31. The number of halogens is 1. The number of aliphatic hydroxyl groups is 1. The second-order valence-corrected chi connectivity index (χ2v) is 5.11. The third-order valence-electron chi connectivity index (χ3n) is 3.59. The molecule has 1 atom stereocenters. The quantitative estimate of drug-likeness (QED) is 0.772. The van der Waals surface area contributed by atoms with Gasteiger partial charge in [0.2, 0.25) is 0 Å². The van der Waals surface area contributed by atoms with Crippen LogP contribution in [0.15, 0.2) is 18.2 Å². The van der Waals surface area contributed by atoms with E-state index in [4.69, 9.17) is 11.6 Å². The lowest BCUT2D eigenvalue weighted by molar-refractivity contribution is 0.152. The number of hydrogen-bond donors (Lipinski definition) is 1. The Hall–Kier alpha value is -1.12. The highest BCUT2D eigenvalue weighted by atomic mass is 35.5. The topological polar surface area (TPSA) is 33.1 Å². The van der Waals surface area contributed by atoms with E-state index in [-0.39, 0.29) is 0 Å². The van der Waals surface area contributed by atoms with Crippen LogP contribution in [0.5, 0.6) is 0 Å². The van der Waals surface area contributed by atoms with Gasteiger partial charge in [-0.1, -0.05) is 17.7 Å². The maximum absolute atomic E-state index is 10.0. The molecule has 0 aliphatic heterocycles. The van der Waals surface area contributed by atoms with E-state index in [1.807, 2.05) is 18.2 Å². The third kappa shape index (κ3) is 1.72. The SMILES string of the molecule is Cc1c2c(nc3cc(Cl)ccc13)C(O)CCC2. The average molecular weight is 248 g/mol. The number of aromatic nitrogens is 1. The van der Waals surface area contributed by atoms with Gasteiger partial charge in [-0.15, -0.1) is 0 Å². The minimum atomic E-state index is -0.416. The van der Waals surface area contributed by atoms with E-state index in [9.17, 15) is 5.11 Å². The molecule has 88 valence electrons. The molecule has 0 saturated heterocycles. The van der Waals surface area contributed by atoms with Crippen LogP contribution in [0.25, 0.3) is 10.9 Å². The van der Waals surface area contributed by atoms with Crippen LogP contribution in [-0.4, -0.2) is 10.1 Å². The molecule has 0 spiro atoms. The largest absolute Gasteiger partial charge is 0.387 e. The molecule has 2 aromatic rings. The highest BCUT2D eigenvalue weighted by Gasteiger charge is 2.22. The predicted molar refractivity (Wildman–Crippen MR) is 69.4 cm³/mol. The highest BCUT2D eigenvalue weighted by molar-refractivity contribution is 6.31. The summed E-state index contributed by atoms with van der Waals surface area (Å²) in [5.74, 6) is 0. The molecule has 1 unspecified atom stereocenters. The summed E-state index contributed by atoms with van der Waals surface area (Å²) in [5.41, 5.74) is 4.19. The van der Waals surface area contributed by atoms with Crippen LogP contribution in [0.1, 0.15) is 35.8 Å². The smallest absolute Gasteiger partial charge is 0.0963 e. The Morgan fingerprint density at radius 1 is 1.41 bits per heavy atom. The van der Waals surface area contributed by atoms with Crippen molar-refractivity contribution >= 4 is 22.5 Å². The first-order valence-electron chi connectivity index (χ1n) is 5.93. The van der Waals surface area contributed by atoms with Crippen LogP contribution < -0.4 is 0 Å². The molecule has 17 heavy (non-hydrogen) atoms. The van der Waals surface area contributed by atoms with E-state index in [0.717, 1.165) is 35.9 Å². The summed E-state index contributed by atoms with van der Waals surface area (Å²) in [6.45, 7) is 2.11. The van der Waals surface area contributed by atoms with Crippen molar-refractivity contribution in [2.45, 2.75) is 32.3 Å². The minimum absolute atomic E-state index is 0.416. The van der Waals surface area contributed by atoms with E-state index in [0.29, 0.717) is 5.02 Å². The van der Waals surface area contributed by atoms with Crippen LogP contribution in [-0.2, 0) is 6.42 Å². The van der Waals surface area contributed by atoms with E-state index in [1.165, 1.54) is 11.1 Å². The molecule has 1 N–H and O–H groups in total. The van der Waals surface area contributed by atoms with Gasteiger partial charge in [0, 0.05) is 10.4 Å². The summed E-state index contributed by atoms with van der Waals surface area (Å²) in [6.07, 6.45) is 2.45. The summed E-state index contributed by atoms with van der Waals surface area (Å²) in [7, 11) is 0. The molecule has 3 rings (SSSR count). The molecule has 1 aromatic heterocycles. The van der Waals surface area contributed by atoms with Crippen molar-refractivity contribution in [3.05, 3.63) is 40.0 Å². The Kier molecular flexibility index (Phi) is 2.57. The normalized spacial score (nSPS) is 19.4. The molecule has 0 fully saturated rings. The molecule has 1 aliphatic carbocycles.